The number of amides is 1. The molecule has 2 aromatic carbocycles. The molecule has 2 atom stereocenters. The average molecular weight is 359 g/mol. The zero-order chi connectivity index (χ0) is 17.1. The van der Waals surface area contributed by atoms with Crippen molar-refractivity contribution in [2.45, 2.75) is 31.2 Å². The van der Waals surface area contributed by atoms with Crippen LogP contribution in [0, 0.1) is 11.3 Å². The summed E-state index contributed by atoms with van der Waals surface area (Å²) in [6.07, 6.45) is 2.32. The molecule has 0 aromatic heterocycles. The van der Waals surface area contributed by atoms with Crippen LogP contribution in [0.3, 0.4) is 0 Å². The number of carbonyl (C=O) groups is 1. The van der Waals surface area contributed by atoms with Crippen molar-refractivity contribution in [3.05, 3.63) is 69.2 Å². The molecule has 3 nitrogen and oxygen atoms in total. The van der Waals surface area contributed by atoms with Gasteiger partial charge in [-0.15, -0.1) is 0 Å². The molecular formula is C19H16Cl2N2O. The van der Waals surface area contributed by atoms with Gasteiger partial charge in [0.1, 0.15) is 6.04 Å². The van der Waals surface area contributed by atoms with Crippen LogP contribution in [0.1, 0.15) is 41.5 Å². The number of rotatable bonds is 4. The summed E-state index contributed by atoms with van der Waals surface area (Å²) in [7, 11) is 0. The van der Waals surface area contributed by atoms with E-state index in [0.717, 1.165) is 12.8 Å². The van der Waals surface area contributed by atoms with E-state index in [1.807, 2.05) is 12.1 Å². The summed E-state index contributed by atoms with van der Waals surface area (Å²) in [4.78, 5) is 12.4. The summed E-state index contributed by atoms with van der Waals surface area (Å²) < 4.78 is 0. The van der Waals surface area contributed by atoms with Crippen molar-refractivity contribution in [3.63, 3.8) is 0 Å². The van der Waals surface area contributed by atoms with Gasteiger partial charge in [0.2, 0.25) is 5.91 Å². The Morgan fingerprint density at radius 3 is 2.83 bits per heavy atom. The second kappa shape index (κ2) is 7.25. The summed E-state index contributed by atoms with van der Waals surface area (Å²) >= 11 is 12.1. The fourth-order valence-corrected chi connectivity index (χ4v) is 3.64. The quantitative estimate of drug-likeness (QED) is 0.853. The smallest absolute Gasteiger partial charge is 0.221 e. The van der Waals surface area contributed by atoms with Crippen LogP contribution < -0.4 is 5.32 Å². The van der Waals surface area contributed by atoms with Crippen molar-refractivity contribution in [2.24, 2.45) is 0 Å². The van der Waals surface area contributed by atoms with E-state index in [1.54, 1.807) is 18.2 Å². The van der Waals surface area contributed by atoms with Crippen LogP contribution in [0.2, 0.25) is 10.0 Å². The second-order valence-electron chi connectivity index (χ2n) is 5.91. The lowest BCUT2D eigenvalue weighted by Crippen LogP contribution is -2.28. The summed E-state index contributed by atoms with van der Waals surface area (Å²) in [6, 6.07) is 14.6. The minimum atomic E-state index is -0.805. The van der Waals surface area contributed by atoms with Crippen LogP contribution in [0.25, 0.3) is 0 Å². The lowest BCUT2D eigenvalue weighted by molar-refractivity contribution is -0.121. The highest BCUT2D eigenvalue weighted by molar-refractivity contribution is 6.42. The normalized spacial score (nSPS) is 17.0. The van der Waals surface area contributed by atoms with Gasteiger partial charge in [-0.2, -0.15) is 5.26 Å². The van der Waals surface area contributed by atoms with Gasteiger partial charge in [0, 0.05) is 12.0 Å². The predicted molar refractivity (Wildman–Crippen MR) is 95.1 cm³/mol. The third-order valence-corrected chi connectivity index (χ3v) is 5.25. The Morgan fingerprint density at radius 2 is 2.04 bits per heavy atom. The molecule has 2 aromatic rings. The van der Waals surface area contributed by atoms with E-state index >= 15 is 0 Å². The van der Waals surface area contributed by atoms with Crippen LogP contribution in [0.5, 0.6) is 0 Å². The van der Waals surface area contributed by atoms with Gasteiger partial charge in [-0.25, -0.2) is 0 Å². The van der Waals surface area contributed by atoms with E-state index in [-0.39, 0.29) is 11.8 Å². The predicted octanol–water partition coefficient (Wildman–Crippen LogP) is 4.79. The number of nitrogens with zero attached hydrogens (tertiary/aromatic N) is 1. The highest BCUT2D eigenvalue weighted by Gasteiger charge is 2.26. The van der Waals surface area contributed by atoms with Gasteiger partial charge in [-0.05, 0) is 36.0 Å². The first-order valence-electron chi connectivity index (χ1n) is 7.81. The Labute approximate surface area is 151 Å². The Bertz CT molecular complexity index is 813. The van der Waals surface area contributed by atoms with Gasteiger partial charge in [-0.3, -0.25) is 4.79 Å². The summed E-state index contributed by atoms with van der Waals surface area (Å²) in [5.41, 5.74) is 3.07. The van der Waals surface area contributed by atoms with E-state index in [4.69, 9.17) is 23.2 Å². The minimum Gasteiger partial charge on any atom is -0.337 e. The topological polar surface area (TPSA) is 52.9 Å². The molecule has 1 aliphatic carbocycles. The van der Waals surface area contributed by atoms with Crippen molar-refractivity contribution in [1.82, 2.24) is 5.32 Å². The fraction of sp³-hybridized carbons (Fsp3) is 0.263. The second-order valence-corrected chi connectivity index (χ2v) is 6.70. The molecule has 24 heavy (non-hydrogen) atoms. The molecule has 1 aliphatic rings. The number of benzene rings is 2. The number of nitrogens with one attached hydrogen (secondary N) is 1. The first-order valence-corrected chi connectivity index (χ1v) is 8.56. The molecular weight excluding hydrogens is 343 g/mol. The molecule has 122 valence electrons. The number of hydrogen-bond acceptors (Lipinski definition) is 2. The van der Waals surface area contributed by atoms with Crippen molar-refractivity contribution < 1.29 is 4.79 Å². The summed E-state index contributed by atoms with van der Waals surface area (Å²) in [6.45, 7) is 0. The van der Waals surface area contributed by atoms with Gasteiger partial charge in [0.15, 0.2) is 0 Å². The number of nitriles is 1. The van der Waals surface area contributed by atoms with E-state index < -0.39 is 6.04 Å². The fourth-order valence-electron chi connectivity index (χ4n) is 3.22. The minimum absolute atomic E-state index is 0.153. The maximum absolute atomic E-state index is 12.4. The Balaban J connectivity index is 1.70. The molecule has 1 N–H and O–H groups in total. The molecule has 0 bridgehead atoms. The third-order valence-electron chi connectivity index (χ3n) is 4.42. The monoisotopic (exact) mass is 358 g/mol. The van der Waals surface area contributed by atoms with Gasteiger partial charge in [0.25, 0.3) is 0 Å². The number of halogens is 2. The van der Waals surface area contributed by atoms with Gasteiger partial charge in [0.05, 0.1) is 16.1 Å². The van der Waals surface area contributed by atoms with Gasteiger partial charge in [-0.1, -0.05) is 59.6 Å². The van der Waals surface area contributed by atoms with Crippen LogP contribution in [0.4, 0.5) is 0 Å². The van der Waals surface area contributed by atoms with E-state index in [2.05, 4.69) is 23.5 Å². The van der Waals surface area contributed by atoms with E-state index in [0.29, 0.717) is 22.0 Å². The maximum atomic E-state index is 12.4. The van der Waals surface area contributed by atoms with Gasteiger partial charge >= 0.3 is 0 Å². The lowest BCUT2D eigenvalue weighted by Gasteiger charge is -2.16. The van der Waals surface area contributed by atoms with Crippen molar-refractivity contribution in [2.75, 3.05) is 0 Å². The number of carbonyl (C=O) groups excluding carboxylic acids is 1. The molecule has 5 heteroatoms. The molecule has 2 unspecified atom stereocenters. The molecule has 1 amide bonds. The summed E-state index contributed by atoms with van der Waals surface area (Å²) in [5.74, 6) is 0.0506. The zero-order valence-electron chi connectivity index (χ0n) is 12.9. The number of aryl methyl sites for hydroxylation is 1. The van der Waals surface area contributed by atoms with Crippen LogP contribution in [-0.2, 0) is 11.2 Å². The first-order chi connectivity index (χ1) is 11.6. The Kier molecular flexibility index (Phi) is 5.08. The average Bonchev–Trinajstić information content (AvgIpc) is 2.98. The third kappa shape index (κ3) is 3.40. The molecule has 3 rings (SSSR count). The van der Waals surface area contributed by atoms with E-state index in [9.17, 15) is 10.1 Å². The van der Waals surface area contributed by atoms with Gasteiger partial charge < -0.3 is 5.32 Å². The molecule has 0 fully saturated rings. The molecule has 0 spiro atoms. The van der Waals surface area contributed by atoms with Crippen molar-refractivity contribution >= 4 is 29.1 Å². The molecule has 0 saturated carbocycles. The largest absolute Gasteiger partial charge is 0.337 e. The Morgan fingerprint density at radius 1 is 1.25 bits per heavy atom. The van der Waals surface area contributed by atoms with Crippen LogP contribution in [0.15, 0.2) is 42.5 Å². The molecule has 0 saturated heterocycles. The number of hydrogen-bond donors (Lipinski definition) is 1. The molecule has 0 heterocycles. The Hall–Kier alpha value is -2.02. The van der Waals surface area contributed by atoms with Crippen LogP contribution in [-0.4, -0.2) is 5.91 Å². The van der Waals surface area contributed by atoms with Crippen LogP contribution >= 0.6 is 23.2 Å². The lowest BCUT2D eigenvalue weighted by atomic mass is 9.97. The standard InChI is InChI=1S/C19H16Cl2N2O/c20-16-7-3-6-15(19(16)21)17(11-22)23-18(24)10-13-9-8-12-4-1-2-5-14(12)13/h1-7,13,17H,8-10H2,(H,23,24). The molecule has 0 aliphatic heterocycles. The highest BCUT2D eigenvalue weighted by Crippen LogP contribution is 2.35. The zero-order valence-corrected chi connectivity index (χ0v) is 14.4. The molecule has 0 radical (unpaired) electrons. The van der Waals surface area contributed by atoms with Crippen molar-refractivity contribution in [3.8, 4) is 6.07 Å². The van der Waals surface area contributed by atoms with E-state index in [1.165, 1.54) is 11.1 Å². The van der Waals surface area contributed by atoms with Crippen molar-refractivity contribution in [1.29, 1.82) is 5.26 Å². The summed E-state index contributed by atoms with van der Waals surface area (Å²) in [5, 5.41) is 12.8. The SMILES string of the molecule is N#CC(NC(=O)CC1CCc2ccccc21)c1cccc(Cl)c1Cl. The first kappa shape index (κ1) is 16.8. The maximum Gasteiger partial charge on any atom is 0.221 e. The number of fused-ring (bicyclic) bond motifs is 1. The highest BCUT2D eigenvalue weighted by atomic mass is 35.5.